The van der Waals surface area contributed by atoms with Crippen molar-refractivity contribution < 1.29 is 19.4 Å². The average Bonchev–Trinajstić information content (AvgIpc) is 2.35. The lowest BCUT2D eigenvalue weighted by Gasteiger charge is -2.14. The summed E-state index contributed by atoms with van der Waals surface area (Å²) in [6.45, 7) is 2.33. The third-order valence-corrected chi connectivity index (χ3v) is 2.37. The number of unbranched alkanes of at least 4 members (excludes halogenated alkanes) is 1. The SMILES string of the molecule is CCC(CO)NC(=O)NCCCCC(=O)OC. The molecular weight excluding hydrogens is 224 g/mol. The molecule has 0 saturated carbocycles. The molecule has 0 aromatic rings. The van der Waals surface area contributed by atoms with E-state index >= 15 is 0 Å². The van der Waals surface area contributed by atoms with Gasteiger partial charge < -0.3 is 20.5 Å². The van der Waals surface area contributed by atoms with Crippen LogP contribution in [-0.4, -0.2) is 43.4 Å². The number of amides is 2. The fourth-order valence-electron chi connectivity index (χ4n) is 1.21. The van der Waals surface area contributed by atoms with Crippen molar-refractivity contribution >= 4 is 12.0 Å². The minimum Gasteiger partial charge on any atom is -0.469 e. The normalized spacial score (nSPS) is 11.7. The highest BCUT2D eigenvalue weighted by Crippen LogP contribution is 1.95. The van der Waals surface area contributed by atoms with Crippen molar-refractivity contribution in [3.63, 3.8) is 0 Å². The Bertz CT molecular complexity index is 230. The number of rotatable bonds is 8. The number of hydrogen-bond donors (Lipinski definition) is 3. The van der Waals surface area contributed by atoms with Gasteiger partial charge in [0, 0.05) is 13.0 Å². The molecule has 0 radical (unpaired) electrons. The number of methoxy groups -OCH3 is 1. The van der Waals surface area contributed by atoms with Crippen molar-refractivity contribution in [2.45, 2.75) is 38.6 Å². The van der Waals surface area contributed by atoms with E-state index in [-0.39, 0.29) is 24.6 Å². The van der Waals surface area contributed by atoms with Crippen molar-refractivity contribution in [2.24, 2.45) is 0 Å². The number of urea groups is 1. The summed E-state index contributed by atoms with van der Waals surface area (Å²) in [6.07, 6.45) is 2.46. The predicted octanol–water partition coefficient (Wildman–Crippen LogP) is 0.400. The molecule has 17 heavy (non-hydrogen) atoms. The van der Waals surface area contributed by atoms with E-state index in [9.17, 15) is 9.59 Å². The Morgan fingerprint density at radius 2 is 2.06 bits per heavy atom. The second-order valence-corrected chi connectivity index (χ2v) is 3.72. The van der Waals surface area contributed by atoms with Crippen LogP contribution in [0.1, 0.15) is 32.6 Å². The van der Waals surface area contributed by atoms with Gasteiger partial charge in [0.2, 0.25) is 0 Å². The monoisotopic (exact) mass is 246 g/mol. The van der Waals surface area contributed by atoms with Crippen LogP contribution in [0.3, 0.4) is 0 Å². The van der Waals surface area contributed by atoms with Gasteiger partial charge in [-0.1, -0.05) is 6.92 Å². The average molecular weight is 246 g/mol. The van der Waals surface area contributed by atoms with E-state index in [4.69, 9.17) is 5.11 Å². The number of carbonyl (C=O) groups excluding carboxylic acids is 2. The van der Waals surface area contributed by atoms with E-state index in [2.05, 4.69) is 15.4 Å². The predicted molar refractivity (Wildman–Crippen MR) is 63.6 cm³/mol. The largest absolute Gasteiger partial charge is 0.469 e. The maximum absolute atomic E-state index is 11.3. The van der Waals surface area contributed by atoms with Crippen molar-refractivity contribution in [3.05, 3.63) is 0 Å². The minimum absolute atomic E-state index is 0.0632. The van der Waals surface area contributed by atoms with Crippen LogP contribution in [0.5, 0.6) is 0 Å². The summed E-state index contributed by atoms with van der Waals surface area (Å²) in [6, 6.07) is -0.492. The maximum Gasteiger partial charge on any atom is 0.315 e. The molecular formula is C11H22N2O4. The zero-order valence-corrected chi connectivity index (χ0v) is 10.5. The number of aliphatic hydroxyl groups is 1. The third-order valence-electron chi connectivity index (χ3n) is 2.37. The van der Waals surface area contributed by atoms with E-state index in [1.54, 1.807) is 0 Å². The van der Waals surface area contributed by atoms with Gasteiger partial charge in [-0.25, -0.2) is 4.79 Å². The summed E-state index contributed by atoms with van der Waals surface area (Å²) in [5.74, 6) is -0.235. The lowest BCUT2D eigenvalue weighted by Crippen LogP contribution is -2.43. The quantitative estimate of drug-likeness (QED) is 0.427. The number of ether oxygens (including phenoxy) is 1. The molecule has 1 atom stereocenters. The highest BCUT2D eigenvalue weighted by molar-refractivity contribution is 5.74. The van der Waals surface area contributed by atoms with Crippen molar-refractivity contribution in [2.75, 3.05) is 20.3 Å². The molecule has 6 nitrogen and oxygen atoms in total. The molecule has 0 spiro atoms. The minimum atomic E-state index is -0.288. The summed E-state index contributed by atoms with van der Waals surface area (Å²) in [5.41, 5.74) is 0. The van der Waals surface area contributed by atoms with Gasteiger partial charge in [-0.15, -0.1) is 0 Å². The summed E-state index contributed by atoms with van der Waals surface area (Å²) < 4.78 is 4.49. The lowest BCUT2D eigenvalue weighted by atomic mass is 10.2. The molecule has 0 rings (SSSR count). The number of aliphatic hydroxyl groups excluding tert-OH is 1. The Hall–Kier alpha value is -1.30. The van der Waals surface area contributed by atoms with Crippen LogP contribution in [-0.2, 0) is 9.53 Å². The van der Waals surface area contributed by atoms with Gasteiger partial charge in [0.1, 0.15) is 0 Å². The molecule has 0 fully saturated rings. The van der Waals surface area contributed by atoms with Crippen molar-refractivity contribution in [3.8, 4) is 0 Å². The van der Waals surface area contributed by atoms with Gasteiger partial charge in [-0.05, 0) is 19.3 Å². The first-order chi connectivity index (χ1) is 8.13. The van der Waals surface area contributed by atoms with E-state index in [1.807, 2.05) is 6.92 Å². The summed E-state index contributed by atoms with van der Waals surface area (Å²) in [5, 5.41) is 14.2. The molecule has 6 heteroatoms. The van der Waals surface area contributed by atoms with Crippen LogP contribution in [0, 0.1) is 0 Å². The third kappa shape index (κ3) is 8.50. The standard InChI is InChI=1S/C11H22N2O4/c1-3-9(8-14)13-11(16)12-7-5-4-6-10(15)17-2/h9,14H,3-8H2,1-2H3,(H2,12,13,16). The smallest absolute Gasteiger partial charge is 0.315 e. The van der Waals surface area contributed by atoms with Gasteiger partial charge in [0.25, 0.3) is 0 Å². The molecule has 0 aliphatic carbocycles. The first-order valence-electron chi connectivity index (χ1n) is 5.86. The Morgan fingerprint density at radius 3 is 2.59 bits per heavy atom. The van der Waals surface area contributed by atoms with Crippen LogP contribution >= 0.6 is 0 Å². The highest BCUT2D eigenvalue weighted by Gasteiger charge is 2.07. The summed E-state index contributed by atoms with van der Waals surface area (Å²) in [4.78, 5) is 22.1. The van der Waals surface area contributed by atoms with Gasteiger partial charge in [0.05, 0.1) is 19.8 Å². The number of esters is 1. The summed E-state index contributed by atoms with van der Waals surface area (Å²) in [7, 11) is 1.35. The van der Waals surface area contributed by atoms with Crippen molar-refractivity contribution in [1.29, 1.82) is 0 Å². The molecule has 0 saturated heterocycles. The fraction of sp³-hybridized carbons (Fsp3) is 0.818. The van der Waals surface area contributed by atoms with E-state index in [0.717, 1.165) is 6.42 Å². The summed E-state index contributed by atoms with van der Waals surface area (Å²) >= 11 is 0. The van der Waals surface area contributed by atoms with Crippen LogP contribution < -0.4 is 10.6 Å². The van der Waals surface area contributed by atoms with Gasteiger partial charge >= 0.3 is 12.0 Å². The topological polar surface area (TPSA) is 87.7 Å². The van der Waals surface area contributed by atoms with Crippen LogP contribution in [0.15, 0.2) is 0 Å². The molecule has 2 amide bonds. The Morgan fingerprint density at radius 1 is 1.35 bits per heavy atom. The molecule has 0 aliphatic rings. The number of carbonyl (C=O) groups is 2. The molecule has 0 aromatic heterocycles. The second kappa shape index (κ2) is 9.89. The van der Waals surface area contributed by atoms with Gasteiger partial charge in [0.15, 0.2) is 0 Å². The first-order valence-corrected chi connectivity index (χ1v) is 5.86. The molecule has 3 N–H and O–H groups in total. The fourth-order valence-corrected chi connectivity index (χ4v) is 1.21. The van der Waals surface area contributed by atoms with Crippen molar-refractivity contribution in [1.82, 2.24) is 10.6 Å². The van der Waals surface area contributed by atoms with Gasteiger partial charge in [-0.2, -0.15) is 0 Å². The lowest BCUT2D eigenvalue weighted by molar-refractivity contribution is -0.140. The van der Waals surface area contributed by atoms with Crippen LogP contribution in [0.4, 0.5) is 4.79 Å². The second-order valence-electron chi connectivity index (χ2n) is 3.72. The molecule has 0 bridgehead atoms. The molecule has 100 valence electrons. The maximum atomic E-state index is 11.3. The molecule has 1 unspecified atom stereocenters. The van der Waals surface area contributed by atoms with Gasteiger partial charge in [-0.3, -0.25) is 4.79 Å². The van der Waals surface area contributed by atoms with Crippen LogP contribution in [0.2, 0.25) is 0 Å². The highest BCUT2D eigenvalue weighted by atomic mass is 16.5. The zero-order valence-electron chi connectivity index (χ0n) is 10.5. The molecule has 0 aliphatic heterocycles. The molecule has 0 aromatic carbocycles. The number of nitrogens with one attached hydrogen (secondary N) is 2. The van der Waals surface area contributed by atoms with E-state index in [1.165, 1.54) is 7.11 Å². The Kier molecular flexibility index (Phi) is 9.14. The zero-order chi connectivity index (χ0) is 13.1. The van der Waals surface area contributed by atoms with E-state index in [0.29, 0.717) is 25.8 Å². The van der Waals surface area contributed by atoms with E-state index < -0.39 is 0 Å². The molecule has 0 heterocycles. The first kappa shape index (κ1) is 15.7. The number of hydrogen-bond acceptors (Lipinski definition) is 4. The Labute approximate surface area is 102 Å². The Balaban J connectivity index is 3.48. The van der Waals surface area contributed by atoms with Crippen LogP contribution in [0.25, 0.3) is 0 Å².